The maximum absolute atomic E-state index is 5.61. The minimum absolute atomic E-state index is 0.475. The molecule has 2 aromatic rings. The fourth-order valence-corrected chi connectivity index (χ4v) is 1.37. The summed E-state index contributed by atoms with van der Waals surface area (Å²) >= 11 is 0. The van der Waals surface area contributed by atoms with E-state index in [1.807, 2.05) is 32.0 Å². The Labute approximate surface area is 87.9 Å². The molecule has 0 saturated heterocycles. The summed E-state index contributed by atoms with van der Waals surface area (Å²) in [4.78, 5) is 4.39. The fraction of sp³-hybridized carbons (Fsp3) is 0.300. The van der Waals surface area contributed by atoms with E-state index in [1.54, 1.807) is 4.68 Å². The molecule has 5 heteroatoms. The summed E-state index contributed by atoms with van der Waals surface area (Å²) < 4.78 is 1.75. The van der Waals surface area contributed by atoms with Gasteiger partial charge in [0.05, 0.1) is 17.9 Å². The average molecular weight is 203 g/mol. The van der Waals surface area contributed by atoms with Crippen LogP contribution in [0, 0.1) is 13.8 Å². The zero-order valence-electron chi connectivity index (χ0n) is 8.81. The Morgan fingerprint density at radius 3 is 2.73 bits per heavy atom. The molecule has 0 radical (unpaired) electrons. The first-order valence-electron chi connectivity index (χ1n) is 4.75. The van der Waals surface area contributed by atoms with Gasteiger partial charge in [-0.1, -0.05) is 11.3 Å². The number of nitrogen functional groups attached to an aromatic ring is 1. The largest absolute Gasteiger partial charge is 0.381 e. The second-order valence-corrected chi connectivity index (χ2v) is 3.49. The molecule has 0 spiro atoms. The zero-order chi connectivity index (χ0) is 10.8. The monoisotopic (exact) mass is 203 g/mol. The minimum Gasteiger partial charge on any atom is -0.381 e. The summed E-state index contributed by atoms with van der Waals surface area (Å²) in [5.41, 5.74) is 8.44. The number of nitrogens with two attached hydrogens (primary N) is 1. The van der Waals surface area contributed by atoms with E-state index in [0.29, 0.717) is 12.4 Å². The second-order valence-electron chi connectivity index (χ2n) is 3.49. The van der Waals surface area contributed by atoms with Gasteiger partial charge in [0.1, 0.15) is 0 Å². The van der Waals surface area contributed by atoms with Crippen LogP contribution in [0.1, 0.15) is 17.1 Å². The van der Waals surface area contributed by atoms with Gasteiger partial charge in [0, 0.05) is 5.69 Å². The fourth-order valence-electron chi connectivity index (χ4n) is 1.37. The number of anilines is 1. The topological polar surface area (TPSA) is 69.6 Å². The van der Waals surface area contributed by atoms with E-state index in [-0.39, 0.29) is 0 Å². The SMILES string of the molecule is Cc1cccc(Cn2nnc(N)c2C)n1. The molecule has 0 aromatic carbocycles. The van der Waals surface area contributed by atoms with Crippen molar-refractivity contribution in [3.8, 4) is 0 Å². The van der Waals surface area contributed by atoms with Crippen LogP contribution in [0.4, 0.5) is 5.82 Å². The molecule has 0 fully saturated rings. The molecule has 2 aromatic heterocycles. The molecule has 0 bridgehead atoms. The maximum atomic E-state index is 5.61. The standard InChI is InChI=1S/C10H13N5/c1-7-4-3-5-9(12-7)6-15-8(2)10(11)13-14-15/h3-5H,6,11H2,1-2H3. The minimum atomic E-state index is 0.475. The highest BCUT2D eigenvalue weighted by molar-refractivity contribution is 5.31. The van der Waals surface area contributed by atoms with Crippen LogP contribution in [0.2, 0.25) is 0 Å². The van der Waals surface area contributed by atoms with Crippen LogP contribution in [0.25, 0.3) is 0 Å². The van der Waals surface area contributed by atoms with Gasteiger partial charge >= 0.3 is 0 Å². The molecule has 15 heavy (non-hydrogen) atoms. The Morgan fingerprint density at radius 1 is 1.33 bits per heavy atom. The van der Waals surface area contributed by atoms with Crippen LogP contribution in [0.5, 0.6) is 0 Å². The van der Waals surface area contributed by atoms with Crippen LogP contribution < -0.4 is 5.73 Å². The molecule has 0 amide bonds. The molecule has 0 atom stereocenters. The molecule has 0 unspecified atom stereocenters. The Hall–Kier alpha value is -1.91. The lowest BCUT2D eigenvalue weighted by molar-refractivity contribution is 0.622. The quantitative estimate of drug-likeness (QED) is 0.788. The number of hydrogen-bond acceptors (Lipinski definition) is 4. The van der Waals surface area contributed by atoms with Crippen LogP contribution in [0.15, 0.2) is 18.2 Å². The van der Waals surface area contributed by atoms with Crippen molar-refractivity contribution < 1.29 is 0 Å². The van der Waals surface area contributed by atoms with Gasteiger partial charge in [0.2, 0.25) is 0 Å². The van der Waals surface area contributed by atoms with Gasteiger partial charge in [-0.3, -0.25) is 4.98 Å². The average Bonchev–Trinajstić information content (AvgIpc) is 2.50. The number of aryl methyl sites for hydroxylation is 1. The molecule has 0 aliphatic rings. The van der Waals surface area contributed by atoms with E-state index >= 15 is 0 Å². The molecular formula is C10H13N5. The van der Waals surface area contributed by atoms with Crippen molar-refractivity contribution in [3.63, 3.8) is 0 Å². The number of rotatable bonds is 2. The third-order valence-electron chi connectivity index (χ3n) is 2.28. The van der Waals surface area contributed by atoms with E-state index in [2.05, 4.69) is 15.3 Å². The lowest BCUT2D eigenvalue weighted by Gasteiger charge is -2.03. The number of hydrogen-bond donors (Lipinski definition) is 1. The van der Waals surface area contributed by atoms with Gasteiger partial charge in [-0.15, -0.1) is 5.10 Å². The van der Waals surface area contributed by atoms with E-state index in [4.69, 9.17) is 5.73 Å². The van der Waals surface area contributed by atoms with Crippen LogP contribution in [-0.2, 0) is 6.54 Å². The summed E-state index contributed by atoms with van der Waals surface area (Å²) in [5.74, 6) is 0.475. The van der Waals surface area contributed by atoms with Crippen molar-refractivity contribution in [2.45, 2.75) is 20.4 Å². The van der Waals surface area contributed by atoms with Gasteiger partial charge in [-0.25, -0.2) is 4.68 Å². The van der Waals surface area contributed by atoms with Crippen LogP contribution in [-0.4, -0.2) is 20.0 Å². The highest BCUT2D eigenvalue weighted by Gasteiger charge is 2.05. The van der Waals surface area contributed by atoms with Crippen molar-refractivity contribution >= 4 is 5.82 Å². The predicted molar refractivity (Wildman–Crippen MR) is 57.2 cm³/mol. The first-order chi connectivity index (χ1) is 7.16. The highest BCUT2D eigenvalue weighted by Crippen LogP contribution is 2.07. The smallest absolute Gasteiger partial charge is 0.168 e. The first-order valence-corrected chi connectivity index (χ1v) is 4.75. The summed E-state index contributed by atoms with van der Waals surface area (Å²) in [6.07, 6.45) is 0. The van der Waals surface area contributed by atoms with Gasteiger partial charge in [0.25, 0.3) is 0 Å². The molecular weight excluding hydrogens is 190 g/mol. The summed E-state index contributed by atoms with van der Waals surface area (Å²) in [6.45, 7) is 4.47. The summed E-state index contributed by atoms with van der Waals surface area (Å²) in [5, 5.41) is 7.74. The van der Waals surface area contributed by atoms with Crippen molar-refractivity contribution in [3.05, 3.63) is 35.3 Å². The first kappa shape index (κ1) is 9.64. The number of nitrogens with zero attached hydrogens (tertiary/aromatic N) is 4. The van der Waals surface area contributed by atoms with E-state index in [0.717, 1.165) is 17.1 Å². The van der Waals surface area contributed by atoms with E-state index < -0.39 is 0 Å². The highest BCUT2D eigenvalue weighted by atomic mass is 15.4. The molecule has 0 aliphatic heterocycles. The lowest BCUT2D eigenvalue weighted by atomic mass is 10.3. The van der Waals surface area contributed by atoms with Crippen LogP contribution in [0.3, 0.4) is 0 Å². The molecule has 0 aliphatic carbocycles. The Morgan fingerprint density at radius 2 is 2.13 bits per heavy atom. The predicted octanol–water partition coefficient (Wildman–Crippen LogP) is 0.920. The van der Waals surface area contributed by atoms with E-state index in [9.17, 15) is 0 Å². The molecule has 2 N–H and O–H groups in total. The van der Waals surface area contributed by atoms with E-state index in [1.165, 1.54) is 0 Å². The zero-order valence-corrected chi connectivity index (χ0v) is 8.81. The second kappa shape index (κ2) is 3.68. The Bertz CT molecular complexity index is 474. The van der Waals surface area contributed by atoms with Crippen LogP contribution >= 0.6 is 0 Å². The molecule has 2 heterocycles. The van der Waals surface area contributed by atoms with Gasteiger partial charge < -0.3 is 5.73 Å². The molecule has 0 saturated carbocycles. The van der Waals surface area contributed by atoms with Crippen molar-refractivity contribution in [1.82, 2.24) is 20.0 Å². The van der Waals surface area contributed by atoms with Crippen molar-refractivity contribution in [2.24, 2.45) is 0 Å². The molecule has 78 valence electrons. The van der Waals surface area contributed by atoms with Gasteiger partial charge in [0.15, 0.2) is 5.82 Å². The summed E-state index contributed by atoms with van der Waals surface area (Å²) in [6, 6.07) is 5.91. The van der Waals surface area contributed by atoms with Crippen molar-refractivity contribution in [2.75, 3.05) is 5.73 Å². The third-order valence-corrected chi connectivity index (χ3v) is 2.28. The normalized spacial score (nSPS) is 10.5. The Kier molecular flexibility index (Phi) is 2.37. The summed E-state index contributed by atoms with van der Waals surface area (Å²) in [7, 11) is 0. The lowest BCUT2D eigenvalue weighted by Crippen LogP contribution is -2.06. The number of aromatic nitrogens is 4. The molecule has 2 rings (SSSR count). The Balaban J connectivity index is 2.26. The van der Waals surface area contributed by atoms with Gasteiger partial charge in [-0.2, -0.15) is 0 Å². The number of pyridine rings is 1. The van der Waals surface area contributed by atoms with Crippen molar-refractivity contribution in [1.29, 1.82) is 0 Å². The molecule has 5 nitrogen and oxygen atoms in total. The maximum Gasteiger partial charge on any atom is 0.168 e. The third kappa shape index (κ3) is 1.96. The van der Waals surface area contributed by atoms with Gasteiger partial charge in [-0.05, 0) is 26.0 Å².